The predicted octanol–water partition coefficient (Wildman–Crippen LogP) is 3.35. The number of anilines is 1. The molecule has 2 heterocycles. The lowest BCUT2D eigenvalue weighted by Crippen LogP contribution is -2.23. The van der Waals surface area contributed by atoms with Gasteiger partial charge in [0.2, 0.25) is 0 Å². The molecular formula is C15H17BrN2. The first-order valence-corrected chi connectivity index (χ1v) is 7.49. The number of rotatable bonds is 0. The summed E-state index contributed by atoms with van der Waals surface area (Å²) in [5.41, 5.74) is 6.05. The van der Waals surface area contributed by atoms with Crippen LogP contribution in [0.1, 0.15) is 18.4 Å². The largest absolute Gasteiger partial charge is 0.378 e. The first kappa shape index (κ1) is 11.1. The molecule has 1 saturated heterocycles. The van der Waals surface area contributed by atoms with E-state index in [4.69, 9.17) is 0 Å². The fourth-order valence-corrected chi connectivity index (χ4v) is 4.20. The Kier molecular flexibility index (Phi) is 2.36. The molecule has 2 unspecified atom stereocenters. The lowest BCUT2D eigenvalue weighted by atomic mass is 9.81. The number of nitrogens with zero attached hydrogens (tertiary/aromatic N) is 1. The zero-order valence-corrected chi connectivity index (χ0v) is 12.1. The van der Waals surface area contributed by atoms with Gasteiger partial charge in [0.25, 0.3) is 0 Å². The molecule has 3 aliphatic rings. The van der Waals surface area contributed by atoms with Crippen molar-refractivity contribution in [1.29, 1.82) is 0 Å². The van der Waals surface area contributed by atoms with Gasteiger partial charge >= 0.3 is 0 Å². The van der Waals surface area contributed by atoms with Gasteiger partial charge in [0.05, 0.1) is 6.04 Å². The van der Waals surface area contributed by atoms with Crippen LogP contribution in [-0.2, 0) is 0 Å². The minimum atomic E-state index is 0.562. The summed E-state index contributed by atoms with van der Waals surface area (Å²) in [5, 5.41) is 3.69. The molecule has 1 fully saturated rings. The van der Waals surface area contributed by atoms with Crippen LogP contribution in [0.3, 0.4) is 0 Å². The molecule has 1 aliphatic carbocycles. The molecule has 0 aromatic heterocycles. The van der Waals surface area contributed by atoms with Gasteiger partial charge in [-0.1, -0.05) is 15.9 Å². The monoisotopic (exact) mass is 304 g/mol. The Morgan fingerprint density at radius 1 is 1.33 bits per heavy atom. The van der Waals surface area contributed by atoms with Gasteiger partial charge < -0.3 is 10.2 Å². The molecule has 3 heteroatoms. The van der Waals surface area contributed by atoms with Crippen molar-refractivity contribution < 1.29 is 0 Å². The first-order chi connectivity index (χ1) is 8.72. The summed E-state index contributed by atoms with van der Waals surface area (Å²) in [6, 6.07) is 7.18. The Balaban J connectivity index is 1.90. The highest BCUT2D eigenvalue weighted by molar-refractivity contribution is 9.10. The molecule has 0 radical (unpaired) electrons. The Hall–Kier alpha value is -0.800. The molecule has 2 nitrogen and oxygen atoms in total. The molecule has 0 amide bonds. The summed E-state index contributed by atoms with van der Waals surface area (Å²) in [6.45, 7) is 2.40. The molecule has 0 bridgehead atoms. The van der Waals surface area contributed by atoms with E-state index in [9.17, 15) is 0 Å². The van der Waals surface area contributed by atoms with Gasteiger partial charge in [-0.15, -0.1) is 0 Å². The average molecular weight is 305 g/mol. The summed E-state index contributed by atoms with van der Waals surface area (Å²) >= 11 is 3.61. The summed E-state index contributed by atoms with van der Waals surface area (Å²) in [4.78, 5) is 2.46. The van der Waals surface area contributed by atoms with E-state index in [2.05, 4.69) is 51.4 Å². The number of likely N-dealkylation sites (N-methyl/N-ethyl adjacent to an activating group) is 1. The average Bonchev–Trinajstić information content (AvgIpc) is 2.87. The highest BCUT2D eigenvalue weighted by Crippen LogP contribution is 2.47. The molecule has 94 valence electrons. The fourth-order valence-electron chi connectivity index (χ4n) is 3.84. The highest BCUT2D eigenvalue weighted by Gasteiger charge is 2.38. The van der Waals surface area contributed by atoms with E-state index < -0.39 is 0 Å². The molecule has 1 aromatic carbocycles. The van der Waals surface area contributed by atoms with Crippen molar-refractivity contribution in [3.05, 3.63) is 33.8 Å². The van der Waals surface area contributed by atoms with E-state index in [1.807, 2.05) is 0 Å². The molecule has 2 atom stereocenters. The number of hydrogen-bond donors (Lipinski definition) is 1. The van der Waals surface area contributed by atoms with E-state index in [0.717, 1.165) is 12.5 Å². The first-order valence-electron chi connectivity index (χ1n) is 6.70. The molecule has 1 N–H and O–H groups in total. The Bertz CT molecular complexity index is 549. The lowest BCUT2D eigenvalue weighted by Gasteiger charge is -2.26. The highest BCUT2D eigenvalue weighted by atomic mass is 79.9. The van der Waals surface area contributed by atoms with Crippen molar-refractivity contribution in [1.82, 2.24) is 4.90 Å². The zero-order chi connectivity index (χ0) is 12.3. The van der Waals surface area contributed by atoms with E-state index >= 15 is 0 Å². The second-order valence-corrected chi connectivity index (χ2v) is 6.71. The standard InChI is InChI=1S/C15H17BrN2/c1-18-7-9-2-4-14-15(12(9)8-18)11-6-10(16)3-5-13(11)17-14/h3,5-6,9,14,17H,2,4,7-8H2,1H3. The summed E-state index contributed by atoms with van der Waals surface area (Å²) in [7, 11) is 2.24. The van der Waals surface area contributed by atoms with Crippen molar-refractivity contribution in [3.8, 4) is 0 Å². The van der Waals surface area contributed by atoms with Crippen molar-refractivity contribution in [2.45, 2.75) is 18.9 Å². The quantitative estimate of drug-likeness (QED) is 0.791. The minimum absolute atomic E-state index is 0.562. The van der Waals surface area contributed by atoms with E-state index in [0.29, 0.717) is 6.04 Å². The van der Waals surface area contributed by atoms with Gasteiger partial charge in [-0.3, -0.25) is 0 Å². The molecule has 0 spiro atoms. The van der Waals surface area contributed by atoms with E-state index in [1.54, 1.807) is 11.1 Å². The van der Waals surface area contributed by atoms with Crippen LogP contribution in [0.25, 0.3) is 5.57 Å². The normalized spacial score (nSPS) is 29.9. The van der Waals surface area contributed by atoms with E-state index in [1.165, 1.54) is 35.1 Å². The number of halogens is 1. The SMILES string of the molecule is CN1CC2=C3c4cc(Br)ccc4NC3CCC2C1. The maximum absolute atomic E-state index is 3.69. The third-order valence-corrected chi connectivity index (χ3v) is 5.06. The summed E-state index contributed by atoms with van der Waals surface area (Å²) < 4.78 is 1.19. The minimum Gasteiger partial charge on any atom is -0.378 e. The van der Waals surface area contributed by atoms with Crippen LogP contribution in [0.2, 0.25) is 0 Å². The van der Waals surface area contributed by atoms with Gasteiger partial charge in [-0.25, -0.2) is 0 Å². The van der Waals surface area contributed by atoms with Crippen LogP contribution in [0.5, 0.6) is 0 Å². The van der Waals surface area contributed by atoms with Crippen molar-refractivity contribution in [3.63, 3.8) is 0 Å². The van der Waals surface area contributed by atoms with Gasteiger partial charge in [0.1, 0.15) is 0 Å². The summed E-state index contributed by atoms with van der Waals surface area (Å²) in [5.74, 6) is 0.799. The number of hydrogen-bond acceptors (Lipinski definition) is 2. The molecule has 0 saturated carbocycles. The van der Waals surface area contributed by atoms with Crippen LogP contribution in [0, 0.1) is 5.92 Å². The number of nitrogens with one attached hydrogen (secondary N) is 1. The van der Waals surface area contributed by atoms with Crippen molar-refractivity contribution in [2.75, 3.05) is 25.5 Å². The van der Waals surface area contributed by atoms with Crippen LogP contribution in [0.15, 0.2) is 28.2 Å². The van der Waals surface area contributed by atoms with Crippen LogP contribution in [0.4, 0.5) is 5.69 Å². The molecule has 1 aromatic rings. The van der Waals surface area contributed by atoms with Gasteiger partial charge in [0.15, 0.2) is 0 Å². The number of benzene rings is 1. The van der Waals surface area contributed by atoms with Crippen molar-refractivity contribution >= 4 is 27.2 Å². The maximum atomic E-state index is 3.69. The Morgan fingerprint density at radius 2 is 2.22 bits per heavy atom. The fraction of sp³-hybridized carbons (Fsp3) is 0.467. The third-order valence-electron chi connectivity index (χ3n) is 4.56. The molecule has 4 rings (SSSR count). The topological polar surface area (TPSA) is 15.3 Å². The molecular weight excluding hydrogens is 288 g/mol. The number of likely N-dealkylation sites (tertiary alicyclic amines) is 1. The van der Waals surface area contributed by atoms with Crippen LogP contribution >= 0.6 is 15.9 Å². The second-order valence-electron chi connectivity index (χ2n) is 5.80. The molecule has 18 heavy (non-hydrogen) atoms. The van der Waals surface area contributed by atoms with Crippen LogP contribution < -0.4 is 5.32 Å². The molecule has 2 aliphatic heterocycles. The van der Waals surface area contributed by atoms with Crippen LogP contribution in [-0.4, -0.2) is 31.1 Å². The summed E-state index contributed by atoms with van der Waals surface area (Å²) in [6.07, 6.45) is 2.62. The Labute approximate surface area is 116 Å². The lowest BCUT2D eigenvalue weighted by molar-refractivity contribution is 0.384. The zero-order valence-electron chi connectivity index (χ0n) is 10.5. The smallest absolute Gasteiger partial charge is 0.0521 e. The van der Waals surface area contributed by atoms with Gasteiger partial charge in [-0.2, -0.15) is 0 Å². The second kappa shape index (κ2) is 3.84. The maximum Gasteiger partial charge on any atom is 0.0521 e. The van der Waals surface area contributed by atoms with E-state index in [-0.39, 0.29) is 0 Å². The predicted molar refractivity (Wildman–Crippen MR) is 78.7 cm³/mol. The number of fused-ring (bicyclic) bond motifs is 4. The van der Waals surface area contributed by atoms with Crippen molar-refractivity contribution in [2.24, 2.45) is 5.92 Å². The van der Waals surface area contributed by atoms with Gasteiger partial charge in [-0.05, 0) is 55.2 Å². The van der Waals surface area contributed by atoms with Gasteiger partial charge in [0, 0.05) is 28.8 Å². The third kappa shape index (κ3) is 1.50. The Morgan fingerprint density at radius 3 is 3.11 bits per heavy atom.